The lowest BCUT2D eigenvalue weighted by atomic mass is 9.91. The van der Waals surface area contributed by atoms with Gasteiger partial charge in [0.1, 0.15) is 5.75 Å². The topological polar surface area (TPSA) is 49.8 Å². The first kappa shape index (κ1) is 16.4. The Morgan fingerprint density at radius 3 is 2.71 bits per heavy atom. The Morgan fingerprint density at radius 2 is 2.05 bits per heavy atom. The average molecular weight is 332 g/mol. The molecule has 0 heterocycles. The summed E-state index contributed by atoms with van der Waals surface area (Å²) in [6.07, 6.45) is 3.18. The number of carbonyl (C=O) groups excluding carboxylic acids is 1. The summed E-state index contributed by atoms with van der Waals surface area (Å²) in [5.74, 6) is 0.336. The smallest absolute Gasteiger partial charge is 0.260 e. The van der Waals surface area contributed by atoms with Gasteiger partial charge in [0.25, 0.3) is 5.91 Å². The number of benzene rings is 1. The van der Waals surface area contributed by atoms with Crippen LogP contribution in [0.4, 0.5) is 0 Å². The number of ether oxygens (including phenoxy) is 1. The Morgan fingerprint density at radius 1 is 1.33 bits per heavy atom. The van der Waals surface area contributed by atoms with Crippen LogP contribution in [-0.4, -0.2) is 41.7 Å². The molecule has 116 valence electrons. The zero-order valence-electron chi connectivity index (χ0n) is 11.9. The number of hydrogen-bond acceptors (Lipinski definition) is 3. The summed E-state index contributed by atoms with van der Waals surface area (Å²) >= 11 is 11.7. The molecule has 1 fully saturated rings. The second kappa shape index (κ2) is 7.34. The van der Waals surface area contributed by atoms with E-state index in [1.165, 1.54) is 0 Å². The fraction of sp³-hybridized carbons (Fsp3) is 0.533. The van der Waals surface area contributed by atoms with Gasteiger partial charge in [-0.3, -0.25) is 4.79 Å². The van der Waals surface area contributed by atoms with Crippen LogP contribution >= 0.6 is 23.2 Å². The molecule has 0 aliphatic heterocycles. The highest BCUT2D eigenvalue weighted by molar-refractivity contribution is 6.42. The van der Waals surface area contributed by atoms with Crippen molar-refractivity contribution >= 4 is 29.1 Å². The summed E-state index contributed by atoms with van der Waals surface area (Å²) in [5, 5.41) is 10.8. The fourth-order valence-electron chi connectivity index (χ4n) is 2.54. The van der Waals surface area contributed by atoms with Crippen LogP contribution in [0.5, 0.6) is 5.75 Å². The quantitative estimate of drug-likeness (QED) is 0.922. The monoisotopic (exact) mass is 331 g/mol. The van der Waals surface area contributed by atoms with Gasteiger partial charge in [-0.1, -0.05) is 36.0 Å². The van der Waals surface area contributed by atoms with Crippen LogP contribution in [0.2, 0.25) is 10.0 Å². The molecule has 1 aliphatic carbocycles. The number of rotatable bonds is 4. The summed E-state index contributed by atoms with van der Waals surface area (Å²) in [4.78, 5) is 13.7. The van der Waals surface area contributed by atoms with Crippen molar-refractivity contribution in [2.45, 2.75) is 37.8 Å². The zero-order valence-corrected chi connectivity index (χ0v) is 13.4. The first-order valence-corrected chi connectivity index (χ1v) is 7.76. The molecular weight excluding hydrogens is 313 g/mol. The molecule has 1 aromatic carbocycles. The maximum absolute atomic E-state index is 12.1. The molecule has 1 saturated carbocycles. The van der Waals surface area contributed by atoms with Gasteiger partial charge in [-0.2, -0.15) is 0 Å². The van der Waals surface area contributed by atoms with Gasteiger partial charge in [0.05, 0.1) is 22.2 Å². The van der Waals surface area contributed by atoms with Crippen molar-refractivity contribution in [1.82, 2.24) is 4.90 Å². The first-order valence-electron chi connectivity index (χ1n) is 7.00. The molecule has 1 amide bonds. The largest absolute Gasteiger partial charge is 0.484 e. The Balaban J connectivity index is 1.89. The number of likely N-dealkylation sites (N-methyl/N-ethyl adjacent to an activating group) is 1. The summed E-state index contributed by atoms with van der Waals surface area (Å²) < 4.78 is 5.43. The second-order valence-corrected chi connectivity index (χ2v) is 6.10. The first-order chi connectivity index (χ1) is 9.99. The molecule has 0 bridgehead atoms. The van der Waals surface area contributed by atoms with E-state index in [1.807, 2.05) is 0 Å². The van der Waals surface area contributed by atoms with Gasteiger partial charge < -0.3 is 14.7 Å². The van der Waals surface area contributed by atoms with E-state index >= 15 is 0 Å². The number of halogens is 2. The van der Waals surface area contributed by atoms with E-state index in [2.05, 4.69) is 0 Å². The summed E-state index contributed by atoms with van der Waals surface area (Å²) in [6, 6.07) is 4.74. The Labute approximate surface area is 134 Å². The molecule has 2 rings (SSSR count). The Kier molecular flexibility index (Phi) is 5.73. The van der Waals surface area contributed by atoms with Crippen molar-refractivity contribution in [3.8, 4) is 5.75 Å². The molecule has 21 heavy (non-hydrogen) atoms. The minimum absolute atomic E-state index is 0.0856. The molecule has 0 radical (unpaired) electrons. The number of aliphatic hydroxyl groups is 1. The Bertz CT molecular complexity index is 510. The molecule has 2 atom stereocenters. The summed E-state index contributed by atoms with van der Waals surface area (Å²) in [6.45, 7) is -0.0856. The summed E-state index contributed by atoms with van der Waals surface area (Å²) in [5.41, 5.74) is 0. The molecule has 1 aliphatic rings. The third-order valence-corrected chi connectivity index (χ3v) is 4.58. The van der Waals surface area contributed by atoms with Crippen LogP contribution in [0.3, 0.4) is 0 Å². The van der Waals surface area contributed by atoms with Crippen LogP contribution in [0, 0.1) is 0 Å². The van der Waals surface area contributed by atoms with Crippen molar-refractivity contribution in [3.63, 3.8) is 0 Å². The maximum atomic E-state index is 12.1. The third-order valence-electron chi connectivity index (χ3n) is 3.84. The second-order valence-electron chi connectivity index (χ2n) is 5.29. The molecule has 1 N–H and O–H groups in total. The SMILES string of the molecule is CN(C(=O)COc1ccc(Cl)c(Cl)c1)C1CCCCC1O. The highest BCUT2D eigenvalue weighted by Crippen LogP contribution is 2.26. The predicted octanol–water partition coefficient (Wildman–Crippen LogP) is 3.13. The van der Waals surface area contributed by atoms with Gasteiger partial charge in [-0.25, -0.2) is 0 Å². The predicted molar refractivity (Wildman–Crippen MR) is 83.0 cm³/mol. The minimum atomic E-state index is -0.447. The number of hydrogen-bond donors (Lipinski definition) is 1. The number of amides is 1. The van der Waals surface area contributed by atoms with Gasteiger partial charge >= 0.3 is 0 Å². The molecule has 4 nitrogen and oxygen atoms in total. The van der Waals surface area contributed by atoms with Crippen molar-refractivity contribution in [1.29, 1.82) is 0 Å². The van der Waals surface area contributed by atoms with E-state index < -0.39 is 6.10 Å². The van der Waals surface area contributed by atoms with Gasteiger partial charge in [-0.05, 0) is 25.0 Å². The summed E-state index contributed by atoms with van der Waals surface area (Å²) in [7, 11) is 1.71. The van der Waals surface area contributed by atoms with Crippen molar-refractivity contribution in [2.24, 2.45) is 0 Å². The molecule has 1 aromatic rings. The van der Waals surface area contributed by atoms with Crippen LogP contribution < -0.4 is 4.74 Å². The highest BCUT2D eigenvalue weighted by Gasteiger charge is 2.29. The lowest BCUT2D eigenvalue weighted by Gasteiger charge is -2.35. The highest BCUT2D eigenvalue weighted by atomic mass is 35.5. The molecule has 0 saturated heterocycles. The molecule has 6 heteroatoms. The normalized spacial score (nSPS) is 21.9. The average Bonchev–Trinajstić information content (AvgIpc) is 2.48. The lowest BCUT2D eigenvalue weighted by Crippen LogP contribution is -2.47. The molecule has 0 aromatic heterocycles. The fourth-order valence-corrected chi connectivity index (χ4v) is 2.83. The number of aliphatic hydroxyl groups excluding tert-OH is 1. The molecule has 0 spiro atoms. The molecule has 2 unspecified atom stereocenters. The van der Waals surface area contributed by atoms with Crippen molar-refractivity contribution in [3.05, 3.63) is 28.2 Å². The number of carbonyl (C=O) groups is 1. The minimum Gasteiger partial charge on any atom is -0.484 e. The van der Waals surface area contributed by atoms with Crippen molar-refractivity contribution in [2.75, 3.05) is 13.7 Å². The van der Waals surface area contributed by atoms with Gasteiger partial charge in [0.2, 0.25) is 0 Å². The van der Waals surface area contributed by atoms with Crippen LogP contribution in [-0.2, 0) is 4.79 Å². The zero-order chi connectivity index (χ0) is 15.4. The van der Waals surface area contributed by atoms with E-state index in [0.717, 1.165) is 25.7 Å². The standard InChI is InChI=1S/C15H19Cl2NO3/c1-18(13-4-2-3-5-14(13)19)15(20)9-21-10-6-7-11(16)12(17)8-10/h6-8,13-14,19H,2-5,9H2,1H3. The van der Waals surface area contributed by atoms with Crippen LogP contribution in [0.25, 0.3) is 0 Å². The number of nitrogens with zero attached hydrogens (tertiary/aromatic N) is 1. The van der Waals surface area contributed by atoms with E-state index in [-0.39, 0.29) is 18.6 Å². The maximum Gasteiger partial charge on any atom is 0.260 e. The van der Waals surface area contributed by atoms with Crippen LogP contribution in [0.1, 0.15) is 25.7 Å². The lowest BCUT2D eigenvalue weighted by molar-refractivity contribution is -0.137. The van der Waals surface area contributed by atoms with Gasteiger partial charge in [-0.15, -0.1) is 0 Å². The third kappa shape index (κ3) is 4.25. The van der Waals surface area contributed by atoms with Gasteiger partial charge in [0.15, 0.2) is 6.61 Å². The van der Waals surface area contributed by atoms with E-state index in [1.54, 1.807) is 30.1 Å². The van der Waals surface area contributed by atoms with E-state index in [0.29, 0.717) is 15.8 Å². The van der Waals surface area contributed by atoms with E-state index in [4.69, 9.17) is 27.9 Å². The van der Waals surface area contributed by atoms with E-state index in [9.17, 15) is 9.90 Å². The Hall–Kier alpha value is -0.970. The molecular formula is C15H19Cl2NO3. The van der Waals surface area contributed by atoms with Crippen molar-refractivity contribution < 1.29 is 14.6 Å². The van der Waals surface area contributed by atoms with Gasteiger partial charge in [0, 0.05) is 13.1 Å². The van der Waals surface area contributed by atoms with Crippen LogP contribution in [0.15, 0.2) is 18.2 Å².